The molecule has 41 heavy (non-hydrogen) atoms. The number of halogens is 5. The molecular formula is C29H26ClF4N3O4. The molecular weight excluding hydrogens is 566 g/mol. The molecule has 4 aromatic rings. The molecule has 1 atom stereocenters. The lowest BCUT2D eigenvalue weighted by molar-refractivity contribution is -0.265. The first-order valence-corrected chi connectivity index (χ1v) is 12.6. The third-order valence-electron chi connectivity index (χ3n) is 6.50. The predicted molar refractivity (Wildman–Crippen MR) is 145 cm³/mol. The van der Waals surface area contributed by atoms with Crippen molar-refractivity contribution in [2.45, 2.75) is 38.1 Å². The monoisotopic (exact) mass is 591 g/mol. The molecule has 0 spiro atoms. The molecule has 3 N–H and O–H groups in total. The normalized spacial score (nSPS) is 13.6. The average Bonchev–Trinajstić information content (AvgIpc) is 2.90. The Morgan fingerprint density at radius 2 is 1.73 bits per heavy atom. The summed E-state index contributed by atoms with van der Waals surface area (Å²) in [7, 11) is 1.37. The van der Waals surface area contributed by atoms with Crippen LogP contribution in [0.5, 0.6) is 5.75 Å². The van der Waals surface area contributed by atoms with Gasteiger partial charge in [-0.15, -0.1) is 0 Å². The number of carbonyl (C=O) groups excluding carboxylic acids is 1. The van der Waals surface area contributed by atoms with Crippen molar-refractivity contribution in [3.8, 4) is 17.0 Å². The minimum absolute atomic E-state index is 0.0282. The molecule has 12 heteroatoms. The molecule has 0 radical (unpaired) electrons. The second kappa shape index (κ2) is 10.9. The number of hydrogen-bond donors (Lipinski definition) is 3. The van der Waals surface area contributed by atoms with Gasteiger partial charge in [0.05, 0.1) is 35.7 Å². The number of amides is 1. The average molecular weight is 592 g/mol. The first kappa shape index (κ1) is 30.2. The highest BCUT2D eigenvalue weighted by atomic mass is 35.5. The van der Waals surface area contributed by atoms with Crippen LogP contribution in [-0.4, -0.2) is 45.9 Å². The van der Waals surface area contributed by atoms with Crippen molar-refractivity contribution in [3.05, 3.63) is 88.0 Å². The van der Waals surface area contributed by atoms with Gasteiger partial charge in [-0.3, -0.25) is 9.78 Å². The summed E-state index contributed by atoms with van der Waals surface area (Å²) in [5, 5.41) is 24.3. The minimum atomic E-state index is -5.33. The third-order valence-corrected chi connectivity index (χ3v) is 6.88. The van der Waals surface area contributed by atoms with E-state index in [1.165, 1.54) is 45.2 Å². The summed E-state index contributed by atoms with van der Waals surface area (Å²) >= 11 is 6.43. The fraction of sp³-hybridized carbons (Fsp3) is 0.276. The van der Waals surface area contributed by atoms with Gasteiger partial charge in [0.2, 0.25) is 5.60 Å². The van der Waals surface area contributed by atoms with E-state index in [1.54, 1.807) is 19.2 Å². The van der Waals surface area contributed by atoms with E-state index in [0.29, 0.717) is 10.9 Å². The van der Waals surface area contributed by atoms with Crippen LogP contribution in [0.4, 0.5) is 17.6 Å². The van der Waals surface area contributed by atoms with Crippen LogP contribution in [0.25, 0.3) is 22.2 Å². The van der Waals surface area contributed by atoms with Crippen LogP contribution >= 0.6 is 11.6 Å². The van der Waals surface area contributed by atoms with Gasteiger partial charge in [0.25, 0.3) is 5.91 Å². The van der Waals surface area contributed by atoms with Crippen LogP contribution in [0, 0.1) is 12.7 Å². The van der Waals surface area contributed by atoms with Gasteiger partial charge in [-0.1, -0.05) is 11.6 Å². The highest BCUT2D eigenvalue weighted by Crippen LogP contribution is 2.43. The lowest BCUT2D eigenvalue weighted by Crippen LogP contribution is -2.51. The van der Waals surface area contributed by atoms with Crippen molar-refractivity contribution < 1.29 is 37.3 Å². The second-order valence-corrected chi connectivity index (χ2v) is 10.5. The molecule has 216 valence electrons. The fourth-order valence-electron chi connectivity index (χ4n) is 4.24. The summed E-state index contributed by atoms with van der Waals surface area (Å²) in [6, 6.07) is 9.97. The summed E-state index contributed by atoms with van der Waals surface area (Å²) in [4.78, 5) is 21.3. The Morgan fingerprint density at radius 1 is 1.07 bits per heavy atom. The number of fused-ring (bicyclic) bond motifs is 1. The number of ether oxygens (including phenoxy) is 1. The molecule has 0 saturated heterocycles. The molecule has 0 aliphatic heterocycles. The zero-order chi connectivity index (χ0) is 30.3. The molecule has 4 rings (SSSR count). The molecule has 7 nitrogen and oxygen atoms in total. The second-order valence-electron chi connectivity index (χ2n) is 10.1. The number of hydrogen-bond acceptors (Lipinski definition) is 6. The molecule has 0 fully saturated rings. The lowest BCUT2D eigenvalue weighted by atomic mass is 9.90. The standard InChI is InChI=1S/C29H26ClF4N3O4/c1-15-9-17-10-18(11-21(41-4)24(17)35-13-15)26(38)36-14-28(40,29(32,33)34)22-12-20(27(2,3)39)23(30)25(37-22)16-5-7-19(31)8-6-16/h5-13,39-40H,14H2,1-4H3,(H,36,38)/t28-/m0/s1. The highest BCUT2D eigenvalue weighted by Gasteiger charge is 2.57. The summed E-state index contributed by atoms with van der Waals surface area (Å²) in [6.07, 6.45) is -3.73. The number of aromatic nitrogens is 2. The third kappa shape index (κ3) is 5.97. The molecule has 0 bridgehead atoms. The Balaban J connectivity index is 1.79. The Labute approximate surface area is 237 Å². The summed E-state index contributed by atoms with van der Waals surface area (Å²) in [5.74, 6) is -1.30. The Kier molecular flexibility index (Phi) is 8.01. The van der Waals surface area contributed by atoms with Gasteiger partial charge < -0.3 is 20.3 Å². The number of aryl methyl sites for hydroxylation is 1. The molecule has 2 aromatic carbocycles. The summed E-state index contributed by atoms with van der Waals surface area (Å²) in [5.41, 5.74) is -5.42. The first-order valence-electron chi connectivity index (χ1n) is 12.3. The van der Waals surface area contributed by atoms with E-state index in [2.05, 4.69) is 15.3 Å². The van der Waals surface area contributed by atoms with Gasteiger partial charge in [0, 0.05) is 28.3 Å². The molecule has 0 aliphatic rings. The SMILES string of the molecule is COc1cc(C(=O)NC[C@](O)(c2cc(C(C)(C)O)c(Cl)c(-c3ccc(F)cc3)n2)C(F)(F)F)cc2cc(C)cnc12. The Morgan fingerprint density at radius 3 is 2.32 bits per heavy atom. The smallest absolute Gasteiger partial charge is 0.424 e. The van der Waals surface area contributed by atoms with E-state index in [-0.39, 0.29) is 33.2 Å². The maximum absolute atomic E-state index is 14.5. The molecule has 0 aliphatic carbocycles. The van der Waals surface area contributed by atoms with Crippen molar-refractivity contribution in [3.63, 3.8) is 0 Å². The Bertz CT molecular complexity index is 1620. The maximum Gasteiger partial charge on any atom is 0.424 e. The maximum atomic E-state index is 14.5. The molecule has 0 unspecified atom stereocenters. The van der Waals surface area contributed by atoms with Crippen LogP contribution < -0.4 is 10.1 Å². The van der Waals surface area contributed by atoms with Gasteiger partial charge in [-0.25, -0.2) is 9.37 Å². The van der Waals surface area contributed by atoms with Crippen LogP contribution in [0.15, 0.2) is 54.7 Å². The van der Waals surface area contributed by atoms with E-state index in [1.807, 2.05) is 0 Å². The number of pyridine rings is 2. The number of nitrogens with one attached hydrogen (secondary N) is 1. The lowest BCUT2D eigenvalue weighted by Gasteiger charge is -2.32. The zero-order valence-electron chi connectivity index (χ0n) is 22.4. The van der Waals surface area contributed by atoms with E-state index >= 15 is 0 Å². The Hall–Kier alpha value is -3.80. The predicted octanol–water partition coefficient (Wildman–Crippen LogP) is 5.81. The van der Waals surface area contributed by atoms with Gasteiger partial charge in [0.15, 0.2) is 0 Å². The van der Waals surface area contributed by atoms with E-state index in [4.69, 9.17) is 16.3 Å². The van der Waals surface area contributed by atoms with E-state index in [9.17, 15) is 32.6 Å². The highest BCUT2D eigenvalue weighted by molar-refractivity contribution is 6.34. The van der Waals surface area contributed by atoms with Crippen molar-refractivity contribution in [2.24, 2.45) is 0 Å². The summed E-state index contributed by atoms with van der Waals surface area (Å²) in [6.45, 7) is 3.05. The number of nitrogens with zero attached hydrogens (tertiary/aromatic N) is 2. The number of methoxy groups -OCH3 is 1. The minimum Gasteiger partial charge on any atom is -0.494 e. The van der Waals surface area contributed by atoms with E-state index < -0.39 is 41.3 Å². The number of benzene rings is 2. The van der Waals surface area contributed by atoms with Crippen molar-refractivity contribution in [1.29, 1.82) is 0 Å². The van der Waals surface area contributed by atoms with E-state index in [0.717, 1.165) is 23.8 Å². The number of carbonyl (C=O) groups is 1. The zero-order valence-corrected chi connectivity index (χ0v) is 23.2. The first-order chi connectivity index (χ1) is 19.0. The number of alkyl halides is 3. The van der Waals surface area contributed by atoms with Gasteiger partial charge in [-0.05, 0) is 74.9 Å². The van der Waals surface area contributed by atoms with Crippen LogP contribution in [0.3, 0.4) is 0 Å². The quantitative estimate of drug-likeness (QED) is 0.234. The van der Waals surface area contributed by atoms with Crippen LogP contribution in [0.1, 0.15) is 41.0 Å². The molecule has 1 amide bonds. The van der Waals surface area contributed by atoms with Crippen molar-refractivity contribution in [2.75, 3.05) is 13.7 Å². The van der Waals surface area contributed by atoms with Crippen molar-refractivity contribution >= 4 is 28.4 Å². The largest absolute Gasteiger partial charge is 0.494 e. The van der Waals surface area contributed by atoms with Gasteiger partial charge in [0.1, 0.15) is 17.1 Å². The van der Waals surface area contributed by atoms with Gasteiger partial charge >= 0.3 is 6.18 Å². The topological polar surface area (TPSA) is 105 Å². The van der Waals surface area contributed by atoms with Crippen LogP contribution in [-0.2, 0) is 11.2 Å². The number of rotatable bonds is 7. The molecule has 2 heterocycles. The van der Waals surface area contributed by atoms with Crippen LogP contribution in [0.2, 0.25) is 5.02 Å². The summed E-state index contributed by atoms with van der Waals surface area (Å²) < 4.78 is 62.4. The fourth-order valence-corrected chi connectivity index (χ4v) is 4.68. The molecule has 2 aromatic heterocycles. The van der Waals surface area contributed by atoms with Gasteiger partial charge in [-0.2, -0.15) is 13.2 Å². The number of aliphatic hydroxyl groups is 2. The molecule has 0 saturated carbocycles. The van der Waals surface area contributed by atoms with Crippen molar-refractivity contribution in [1.82, 2.24) is 15.3 Å².